The Kier molecular flexibility index (Phi) is 6.47. The molecule has 0 fully saturated rings. The van der Waals surface area contributed by atoms with Crippen LogP contribution in [-0.2, 0) is 22.7 Å². The second-order valence-corrected chi connectivity index (χ2v) is 5.14. The van der Waals surface area contributed by atoms with Gasteiger partial charge in [-0.25, -0.2) is 4.39 Å². The van der Waals surface area contributed by atoms with E-state index in [4.69, 9.17) is 4.74 Å². The maximum Gasteiger partial charge on any atom is 0.313 e. The standard InChI is InChI=1S/C18H19FN2O4/c1-2-25-16-8-7-14(9-15(16)19)21-18(24)17(23)20-10-12-5-3-4-6-13(12)11-22/h3-9,22H,2,10-11H2,1H3,(H,20,23)(H,21,24). The van der Waals surface area contributed by atoms with Crippen molar-refractivity contribution in [3.8, 4) is 5.75 Å². The van der Waals surface area contributed by atoms with E-state index in [1.54, 1.807) is 31.2 Å². The number of benzene rings is 2. The molecule has 0 aromatic heterocycles. The van der Waals surface area contributed by atoms with Gasteiger partial charge in [0.15, 0.2) is 11.6 Å². The largest absolute Gasteiger partial charge is 0.491 e. The summed E-state index contributed by atoms with van der Waals surface area (Å²) in [6.07, 6.45) is 0. The lowest BCUT2D eigenvalue weighted by molar-refractivity contribution is -0.136. The number of rotatable bonds is 6. The predicted octanol–water partition coefficient (Wildman–Crippen LogP) is 1.97. The van der Waals surface area contributed by atoms with Crippen molar-refractivity contribution in [3.63, 3.8) is 0 Å². The first-order chi connectivity index (χ1) is 12.0. The molecule has 2 aromatic rings. The number of anilines is 1. The predicted molar refractivity (Wildman–Crippen MR) is 90.4 cm³/mol. The number of carbonyl (C=O) groups is 2. The van der Waals surface area contributed by atoms with Crippen LogP contribution in [0.1, 0.15) is 18.1 Å². The lowest BCUT2D eigenvalue weighted by atomic mass is 10.1. The molecule has 2 aromatic carbocycles. The van der Waals surface area contributed by atoms with E-state index < -0.39 is 17.6 Å². The van der Waals surface area contributed by atoms with E-state index in [2.05, 4.69) is 10.6 Å². The Morgan fingerprint density at radius 3 is 2.48 bits per heavy atom. The summed E-state index contributed by atoms with van der Waals surface area (Å²) in [7, 11) is 0. The Bertz CT molecular complexity index is 764. The first kappa shape index (κ1) is 18.4. The summed E-state index contributed by atoms with van der Waals surface area (Å²) in [5.41, 5.74) is 1.52. The molecule has 0 atom stereocenters. The van der Waals surface area contributed by atoms with E-state index in [1.807, 2.05) is 0 Å². The van der Waals surface area contributed by atoms with Gasteiger partial charge in [0.2, 0.25) is 0 Å². The van der Waals surface area contributed by atoms with Crippen LogP contribution in [0.25, 0.3) is 0 Å². The van der Waals surface area contributed by atoms with Gasteiger partial charge in [-0.05, 0) is 30.2 Å². The van der Waals surface area contributed by atoms with E-state index in [9.17, 15) is 19.1 Å². The molecule has 6 nitrogen and oxygen atoms in total. The topological polar surface area (TPSA) is 87.7 Å². The van der Waals surface area contributed by atoms with Gasteiger partial charge in [-0.3, -0.25) is 9.59 Å². The molecule has 2 amide bonds. The number of aliphatic hydroxyl groups is 1. The van der Waals surface area contributed by atoms with E-state index >= 15 is 0 Å². The highest BCUT2D eigenvalue weighted by atomic mass is 19.1. The van der Waals surface area contributed by atoms with Crippen molar-refractivity contribution in [2.24, 2.45) is 0 Å². The van der Waals surface area contributed by atoms with Gasteiger partial charge in [0.25, 0.3) is 0 Å². The Labute approximate surface area is 144 Å². The summed E-state index contributed by atoms with van der Waals surface area (Å²) < 4.78 is 18.8. The molecule has 25 heavy (non-hydrogen) atoms. The van der Waals surface area contributed by atoms with Crippen molar-refractivity contribution in [1.29, 1.82) is 0 Å². The Morgan fingerprint density at radius 1 is 1.12 bits per heavy atom. The number of halogens is 1. The molecule has 0 aliphatic heterocycles. The molecule has 0 unspecified atom stereocenters. The highest BCUT2D eigenvalue weighted by Crippen LogP contribution is 2.21. The van der Waals surface area contributed by atoms with Crippen LogP contribution in [0.3, 0.4) is 0 Å². The lowest BCUT2D eigenvalue weighted by Gasteiger charge is -2.10. The molecule has 2 rings (SSSR count). The summed E-state index contributed by atoms with van der Waals surface area (Å²) in [6, 6.07) is 10.9. The molecule has 132 valence electrons. The Morgan fingerprint density at radius 2 is 1.84 bits per heavy atom. The smallest absolute Gasteiger partial charge is 0.313 e. The zero-order chi connectivity index (χ0) is 18.2. The maximum absolute atomic E-state index is 13.7. The summed E-state index contributed by atoms with van der Waals surface area (Å²) in [4.78, 5) is 23.8. The van der Waals surface area contributed by atoms with Crippen LogP contribution in [-0.4, -0.2) is 23.5 Å². The van der Waals surface area contributed by atoms with Crippen LogP contribution in [0.5, 0.6) is 5.75 Å². The minimum absolute atomic E-state index is 0.0746. The molecular weight excluding hydrogens is 327 g/mol. The molecule has 0 heterocycles. The molecule has 0 saturated heterocycles. The summed E-state index contributed by atoms with van der Waals surface area (Å²) >= 11 is 0. The van der Waals surface area contributed by atoms with Crippen LogP contribution in [0.15, 0.2) is 42.5 Å². The molecule has 0 saturated carbocycles. The average molecular weight is 346 g/mol. The van der Waals surface area contributed by atoms with Gasteiger partial charge in [-0.1, -0.05) is 24.3 Å². The Balaban J connectivity index is 1.94. The fraction of sp³-hybridized carbons (Fsp3) is 0.222. The first-order valence-corrected chi connectivity index (χ1v) is 7.74. The lowest BCUT2D eigenvalue weighted by Crippen LogP contribution is -2.35. The van der Waals surface area contributed by atoms with Crippen molar-refractivity contribution in [1.82, 2.24) is 5.32 Å². The van der Waals surface area contributed by atoms with Gasteiger partial charge >= 0.3 is 11.8 Å². The number of carbonyl (C=O) groups excluding carboxylic acids is 2. The molecule has 3 N–H and O–H groups in total. The van der Waals surface area contributed by atoms with Crippen LogP contribution in [0.2, 0.25) is 0 Å². The van der Waals surface area contributed by atoms with Crippen LogP contribution >= 0.6 is 0 Å². The first-order valence-electron chi connectivity index (χ1n) is 7.74. The van der Waals surface area contributed by atoms with Gasteiger partial charge in [-0.15, -0.1) is 0 Å². The SMILES string of the molecule is CCOc1ccc(NC(=O)C(=O)NCc2ccccc2CO)cc1F. The molecule has 7 heteroatoms. The van der Waals surface area contributed by atoms with Gasteiger partial charge < -0.3 is 20.5 Å². The normalized spacial score (nSPS) is 10.2. The molecule has 0 spiro atoms. The Hall–Kier alpha value is -2.93. The van der Waals surface area contributed by atoms with Crippen LogP contribution in [0, 0.1) is 5.82 Å². The van der Waals surface area contributed by atoms with Gasteiger partial charge in [-0.2, -0.15) is 0 Å². The quantitative estimate of drug-likeness (QED) is 0.698. The van der Waals surface area contributed by atoms with Crippen LogP contribution in [0.4, 0.5) is 10.1 Å². The minimum atomic E-state index is -0.912. The molecule has 0 bridgehead atoms. The maximum atomic E-state index is 13.7. The number of nitrogens with one attached hydrogen (secondary N) is 2. The minimum Gasteiger partial charge on any atom is -0.491 e. The highest BCUT2D eigenvalue weighted by molar-refractivity contribution is 6.39. The highest BCUT2D eigenvalue weighted by Gasteiger charge is 2.15. The van der Waals surface area contributed by atoms with E-state index in [1.165, 1.54) is 12.1 Å². The van der Waals surface area contributed by atoms with E-state index in [0.29, 0.717) is 17.7 Å². The van der Waals surface area contributed by atoms with Gasteiger partial charge in [0, 0.05) is 18.3 Å². The summed E-state index contributed by atoms with van der Waals surface area (Å²) in [6.45, 7) is 1.99. The third-order valence-electron chi connectivity index (χ3n) is 3.42. The van der Waals surface area contributed by atoms with Crippen molar-refractivity contribution >= 4 is 17.5 Å². The zero-order valence-corrected chi connectivity index (χ0v) is 13.7. The number of ether oxygens (including phenoxy) is 1. The molecule has 0 aliphatic carbocycles. The van der Waals surface area contributed by atoms with Crippen molar-refractivity contribution in [3.05, 3.63) is 59.4 Å². The average Bonchev–Trinajstić information content (AvgIpc) is 2.62. The van der Waals surface area contributed by atoms with E-state index in [0.717, 1.165) is 6.07 Å². The fourth-order valence-electron chi connectivity index (χ4n) is 2.18. The monoisotopic (exact) mass is 346 g/mol. The second-order valence-electron chi connectivity index (χ2n) is 5.14. The van der Waals surface area contributed by atoms with Crippen LogP contribution < -0.4 is 15.4 Å². The summed E-state index contributed by atoms with van der Waals surface area (Å²) in [5.74, 6) is -2.32. The molecule has 0 aliphatic rings. The third kappa shape index (κ3) is 5.02. The fourth-order valence-corrected chi connectivity index (χ4v) is 2.18. The molecular formula is C18H19FN2O4. The second kappa shape index (κ2) is 8.79. The van der Waals surface area contributed by atoms with Crippen molar-refractivity contribution in [2.45, 2.75) is 20.1 Å². The van der Waals surface area contributed by atoms with E-state index in [-0.39, 0.29) is 24.6 Å². The van der Waals surface area contributed by atoms with Gasteiger partial charge in [0.1, 0.15) is 0 Å². The number of hydrogen-bond acceptors (Lipinski definition) is 4. The van der Waals surface area contributed by atoms with Crippen molar-refractivity contribution in [2.75, 3.05) is 11.9 Å². The zero-order valence-electron chi connectivity index (χ0n) is 13.7. The number of hydrogen-bond donors (Lipinski definition) is 3. The number of aliphatic hydroxyl groups excluding tert-OH is 1. The van der Waals surface area contributed by atoms with Crippen molar-refractivity contribution < 1.29 is 23.8 Å². The summed E-state index contributed by atoms with van der Waals surface area (Å²) in [5, 5.41) is 14.0. The third-order valence-corrected chi connectivity index (χ3v) is 3.42. The number of amides is 2. The van der Waals surface area contributed by atoms with Gasteiger partial charge in [0.05, 0.1) is 13.2 Å². The molecule has 0 radical (unpaired) electrons.